The van der Waals surface area contributed by atoms with Crippen LogP contribution in [0.15, 0.2) is 29.7 Å². The summed E-state index contributed by atoms with van der Waals surface area (Å²) in [6.07, 6.45) is 3.75. The van der Waals surface area contributed by atoms with Crippen molar-refractivity contribution in [3.8, 4) is 0 Å². The summed E-state index contributed by atoms with van der Waals surface area (Å²) in [7, 11) is 0. The highest BCUT2D eigenvalue weighted by Gasteiger charge is 2.27. The van der Waals surface area contributed by atoms with Crippen molar-refractivity contribution in [2.45, 2.75) is 33.7 Å². The number of oxime groups is 1. The Kier molecular flexibility index (Phi) is 5.49. The fourth-order valence-electron chi connectivity index (χ4n) is 1.74. The number of aromatic nitrogens is 1. The molecule has 0 atom stereocenters. The van der Waals surface area contributed by atoms with E-state index in [1.54, 1.807) is 17.3 Å². The molecular weight excluding hydrogens is 256 g/mol. The minimum Gasteiger partial charge on any atom is -0.409 e. The van der Waals surface area contributed by atoms with Gasteiger partial charge in [-0.25, -0.2) is 0 Å². The van der Waals surface area contributed by atoms with Gasteiger partial charge in [0.15, 0.2) is 0 Å². The summed E-state index contributed by atoms with van der Waals surface area (Å²) in [5, 5.41) is 11.5. The second-order valence-corrected chi connectivity index (χ2v) is 5.68. The molecule has 6 nitrogen and oxygen atoms in total. The smallest absolute Gasteiger partial charge is 0.228 e. The number of hydrogen-bond acceptors (Lipinski definition) is 4. The van der Waals surface area contributed by atoms with Crippen LogP contribution in [0.2, 0.25) is 0 Å². The Morgan fingerprint density at radius 1 is 1.50 bits per heavy atom. The molecule has 1 amide bonds. The molecule has 110 valence electrons. The molecule has 1 rings (SSSR count). The van der Waals surface area contributed by atoms with E-state index in [1.807, 2.05) is 32.9 Å². The molecule has 3 N–H and O–H groups in total. The predicted octanol–water partition coefficient (Wildman–Crippen LogP) is 1.59. The van der Waals surface area contributed by atoms with Crippen molar-refractivity contribution < 1.29 is 10.0 Å². The lowest BCUT2D eigenvalue weighted by atomic mass is 9.94. The first kappa shape index (κ1) is 15.9. The minimum absolute atomic E-state index is 0.0205. The molecule has 0 aliphatic heterocycles. The van der Waals surface area contributed by atoms with E-state index in [2.05, 4.69) is 10.1 Å². The number of amides is 1. The molecule has 0 aliphatic carbocycles. The average molecular weight is 278 g/mol. The van der Waals surface area contributed by atoms with Crippen LogP contribution >= 0.6 is 0 Å². The van der Waals surface area contributed by atoms with Crippen molar-refractivity contribution >= 4 is 11.7 Å². The van der Waals surface area contributed by atoms with Gasteiger partial charge in [-0.2, -0.15) is 0 Å². The van der Waals surface area contributed by atoms with Crippen LogP contribution in [0.25, 0.3) is 0 Å². The Bertz CT molecular complexity index is 466. The molecular formula is C14H22N4O2. The molecule has 1 aromatic rings. The Hall–Kier alpha value is -2.11. The third kappa shape index (κ3) is 4.87. The van der Waals surface area contributed by atoms with E-state index in [4.69, 9.17) is 10.9 Å². The molecule has 0 spiro atoms. The quantitative estimate of drug-likeness (QED) is 0.370. The van der Waals surface area contributed by atoms with Crippen molar-refractivity contribution in [1.29, 1.82) is 0 Å². The zero-order valence-corrected chi connectivity index (χ0v) is 12.2. The van der Waals surface area contributed by atoms with Crippen LogP contribution < -0.4 is 5.73 Å². The highest BCUT2D eigenvalue weighted by Crippen LogP contribution is 2.19. The van der Waals surface area contributed by atoms with E-state index < -0.39 is 5.41 Å². The standard InChI is InChI=1S/C14H22N4O2/c1-14(2,3)13(19)18(8-6-12(15)17-20)10-11-5-4-7-16-9-11/h4-5,7,9,20H,6,8,10H2,1-3H3,(H2,15,17). The first-order chi connectivity index (χ1) is 9.34. The van der Waals surface area contributed by atoms with Crippen molar-refractivity contribution in [2.24, 2.45) is 16.3 Å². The van der Waals surface area contributed by atoms with E-state index >= 15 is 0 Å². The SMILES string of the molecule is CC(C)(C)C(=O)N(CC/C(N)=N/O)Cc1cccnc1. The fourth-order valence-corrected chi connectivity index (χ4v) is 1.74. The number of carbonyl (C=O) groups is 1. The summed E-state index contributed by atoms with van der Waals surface area (Å²) < 4.78 is 0. The molecule has 0 bridgehead atoms. The first-order valence-corrected chi connectivity index (χ1v) is 6.49. The van der Waals surface area contributed by atoms with E-state index in [1.165, 1.54) is 0 Å². The van der Waals surface area contributed by atoms with Gasteiger partial charge < -0.3 is 15.8 Å². The number of nitrogens with zero attached hydrogens (tertiary/aromatic N) is 3. The normalized spacial score (nSPS) is 12.2. The summed E-state index contributed by atoms with van der Waals surface area (Å²) in [4.78, 5) is 18.2. The number of nitrogens with two attached hydrogens (primary N) is 1. The number of hydrogen-bond donors (Lipinski definition) is 2. The summed E-state index contributed by atoms with van der Waals surface area (Å²) in [5.74, 6) is 0.134. The zero-order chi connectivity index (χ0) is 15.2. The molecule has 6 heteroatoms. The van der Waals surface area contributed by atoms with E-state index in [-0.39, 0.29) is 11.7 Å². The molecule has 0 aromatic carbocycles. The van der Waals surface area contributed by atoms with Crippen LogP contribution in [-0.2, 0) is 11.3 Å². The van der Waals surface area contributed by atoms with Gasteiger partial charge in [0.1, 0.15) is 5.84 Å². The molecule has 0 fully saturated rings. The van der Waals surface area contributed by atoms with E-state index in [0.717, 1.165) is 5.56 Å². The van der Waals surface area contributed by atoms with Gasteiger partial charge in [0.2, 0.25) is 5.91 Å². The van der Waals surface area contributed by atoms with Crippen LogP contribution in [-0.4, -0.2) is 33.4 Å². The largest absolute Gasteiger partial charge is 0.409 e. The van der Waals surface area contributed by atoms with Crippen LogP contribution in [0.3, 0.4) is 0 Å². The number of carbonyl (C=O) groups excluding carboxylic acids is 1. The third-order valence-electron chi connectivity index (χ3n) is 2.79. The van der Waals surface area contributed by atoms with Gasteiger partial charge in [-0.15, -0.1) is 0 Å². The molecule has 1 aromatic heterocycles. The maximum atomic E-state index is 12.4. The van der Waals surface area contributed by atoms with Gasteiger partial charge in [-0.1, -0.05) is 32.0 Å². The Morgan fingerprint density at radius 2 is 2.20 bits per heavy atom. The van der Waals surface area contributed by atoms with Crippen molar-refractivity contribution in [3.63, 3.8) is 0 Å². The van der Waals surface area contributed by atoms with Gasteiger partial charge in [0.05, 0.1) is 0 Å². The lowest BCUT2D eigenvalue weighted by Gasteiger charge is -2.29. The topological polar surface area (TPSA) is 91.8 Å². The monoisotopic (exact) mass is 278 g/mol. The van der Waals surface area contributed by atoms with Gasteiger partial charge in [-0.05, 0) is 11.6 Å². The predicted molar refractivity (Wildman–Crippen MR) is 77.1 cm³/mol. The molecule has 0 saturated heterocycles. The highest BCUT2D eigenvalue weighted by molar-refractivity contribution is 5.83. The molecule has 20 heavy (non-hydrogen) atoms. The fraction of sp³-hybridized carbons (Fsp3) is 0.500. The maximum absolute atomic E-state index is 12.4. The second kappa shape index (κ2) is 6.88. The lowest BCUT2D eigenvalue weighted by molar-refractivity contribution is -0.140. The number of rotatable bonds is 5. The van der Waals surface area contributed by atoms with Crippen molar-refractivity contribution in [2.75, 3.05) is 6.54 Å². The van der Waals surface area contributed by atoms with Gasteiger partial charge >= 0.3 is 0 Å². The maximum Gasteiger partial charge on any atom is 0.228 e. The van der Waals surface area contributed by atoms with E-state index in [0.29, 0.717) is 19.5 Å². The van der Waals surface area contributed by atoms with Crippen molar-refractivity contribution in [3.05, 3.63) is 30.1 Å². The first-order valence-electron chi connectivity index (χ1n) is 6.49. The van der Waals surface area contributed by atoms with Crippen LogP contribution in [0.1, 0.15) is 32.8 Å². The Balaban J connectivity index is 2.81. The lowest BCUT2D eigenvalue weighted by Crippen LogP contribution is -2.40. The molecule has 0 unspecified atom stereocenters. The molecule has 1 heterocycles. The summed E-state index contributed by atoms with van der Waals surface area (Å²) in [6.45, 7) is 6.47. The van der Waals surface area contributed by atoms with E-state index in [9.17, 15) is 4.79 Å². The second-order valence-electron chi connectivity index (χ2n) is 5.68. The summed E-state index contributed by atoms with van der Waals surface area (Å²) in [5.41, 5.74) is 5.94. The minimum atomic E-state index is -0.479. The number of amidine groups is 1. The Labute approximate surface area is 119 Å². The third-order valence-corrected chi connectivity index (χ3v) is 2.79. The molecule has 0 saturated carbocycles. The van der Waals surface area contributed by atoms with Crippen LogP contribution in [0, 0.1) is 5.41 Å². The highest BCUT2D eigenvalue weighted by atomic mass is 16.4. The molecule has 0 aliphatic rings. The van der Waals surface area contributed by atoms with Gasteiger partial charge in [0.25, 0.3) is 0 Å². The van der Waals surface area contributed by atoms with Gasteiger partial charge in [0, 0.05) is 37.3 Å². The number of pyridine rings is 1. The summed E-state index contributed by atoms with van der Waals surface area (Å²) >= 11 is 0. The van der Waals surface area contributed by atoms with Crippen LogP contribution in [0.4, 0.5) is 0 Å². The molecule has 0 radical (unpaired) electrons. The summed E-state index contributed by atoms with van der Waals surface area (Å²) in [6, 6.07) is 3.75. The average Bonchev–Trinajstić information content (AvgIpc) is 2.42. The Morgan fingerprint density at radius 3 is 2.70 bits per heavy atom. The zero-order valence-electron chi connectivity index (χ0n) is 12.2. The van der Waals surface area contributed by atoms with Crippen LogP contribution in [0.5, 0.6) is 0 Å². The van der Waals surface area contributed by atoms with Crippen molar-refractivity contribution in [1.82, 2.24) is 9.88 Å². The van der Waals surface area contributed by atoms with Gasteiger partial charge in [-0.3, -0.25) is 9.78 Å².